The molecule has 1 aliphatic carbocycles. The van der Waals surface area contributed by atoms with Gasteiger partial charge in [-0.1, -0.05) is 17.9 Å². The lowest BCUT2D eigenvalue weighted by Crippen LogP contribution is -2.24. The van der Waals surface area contributed by atoms with E-state index in [1.165, 1.54) is 0 Å². The Morgan fingerprint density at radius 1 is 1.29 bits per heavy atom. The van der Waals surface area contributed by atoms with Gasteiger partial charge >= 0.3 is 0 Å². The fourth-order valence-electron chi connectivity index (χ4n) is 2.47. The van der Waals surface area contributed by atoms with E-state index in [1.807, 2.05) is 35.0 Å². The molecule has 1 heterocycles. The summed E-state index contributed by atoms with van der Waals surface area (Å²) in [4.78, 5) is 12.2. The second kappa shape index (κ2) is 7.41. The van der Waals surface area contributed by atoms with E-state index in [2.05, 4.69) is 17.2 Å². The zero-order valence-corrected chi connectivity index (χ0v) is 14.5. The van der Waals surface area contributed by atoms with Crippen molar-refractivity contribution < 1.29 is 14.3 Å². The molecule has 3 rings (SSSR count). The van der Waals surface area contributed by atoms with Gasteiger partial charge in [0, 0.05) is 23.4 Å². The lowest BCUT2D eigenvalue weighted by Gasteiger charge is -2.10. The van der Waals surface area contributed by atoms with Gasteiger partial charge in [-0.15, -0.1) is 0 Å². The van der Waals surface area contributed by atoms with Crippen LogP contribution in [0.25, 0.3) is 0 Å². The molecule has 2 atom stereocenters. The maximum Gasteiger partial charge on any atom is 0.224 e. The fourth-order valence-corrected chi connectivity index (χ4v) is 3.05. The number of carbonyl (C=O) groups excluding carboxylic acids is 1. The van der Waals surface area contributed by atoms with Gasteiger partial charge in [0.2, 0.25) is 5.91 Å². The van der Waals surface area contributed by atoms with Gasteiger partial charge in [-0.05, 0) is 35.6 Å². The molecule has 0 aliphatic heterocycles. The number of ether oxygens (including phenoxy) is 2. The molecule has 0 radical (unpaired) electrons. The van der Waals surface area contributed by atoms with Crippen LogP contribution in [-0.2, 0) is 11.3 Å². The smallest absolute Gasteiger partial charge is 0.224 e. The third-order valence-corrected chi connectivity index (χ3v) is 4.65. The molecule has 5 heteroatoms. The predicted octanol–water partition coefficient (Wildman–Crippen LogP) is 3.07. The largest absolute Gasteiger partial charge is 0.493 e. The van der Waals surface area contributed by atoms with Crippen LogP contribution in [-0.4, -0.2) is 20.1 Å². The molecule has 1 amide bonds. The van der Waals surface area contributed by atoms with Crippen molar-refractivity contribution in [3.05, 3.63) is 46.2 Å². The average Bonchev–Trinajstić information content (AvgIpc) is 3.21. The van der Waals surface area contributed by atoms with Crippen LogP contribution in [0.15, 0.2) is 35.0 Å². The summed E-state index contributed by atoms with van der Waals surface area (Å²) in [5.74, 6) is 7.90. The summed E-state index contributed by atoms with van der Waals surface area (Å²) >= 11 is 1.63. The molecular weight excluding hydrogens is 322 g/mol. The zero-order chi connectivity index (χ0) is 16.9. The molecule has 0 bridgehead atoms. The molecule has 1 fully saturated rings. The first-order chi connectivity index (χ1) is 11.7. The van der Waals surface area contributed by atoms with Crippen molar-refractivity contribution >= 4 is 17.2 Å². The van der Waals surface area contributed by atoms with E-state index >= 15 is 0 Å². The second-order valence-corrected chi connectivity index (χ2v) is 6.42. The third kappa shape index (κ3) is 3.90. The van der Waals surface area contributed by atoms with E-state index in [9.17, 15) is 4.79 Å². The quantitative estimate of drug-likeness (QED) is 0.850. The Morgan fingerprint density at radius 3 is 2.83 bits per heavy atom. The van der Waals surface area contributed by atoms with Gasteiger partial charge in [-0.2, -0.15) is 11.3 Å². The first-order valence-corrected chi connectivity index (χ1v) is 8.68. The Morgan fingerprint density at radius 2 is 2.12 bits per heavy atom. The topological polar surface area (TPSA) is 47.6 Å². The number of methoxy groups -OCH3 is 2. The van der Waals surface area contributed by atoms with Crippen LogP contribution in [0.1, 0.15) is 17.5 Å². The van der Waals surface area contributed by atoms with Crippen LogP contribution in [0.3, 0.4) is 0 Å². The summed E-state index contributed by atoms with van der Waals surface area (Å²) in [6, 6.07) is 7.63. The zero-order valence-electron chi connectivity index (χ0n) is 13.7. The minimum absolute atomic E-state index is 0.0104. The van der Waals surface area contributed by atoms with Gasteiger partial charge in [-0.3, -0.25) is 4.79 Å². The number of nitrogens with one attached hydrogen (secondary N) is 1. The highest BCUT2D eigenvalue weighted by molar-refractivity contribution is 7.08. The molecule has 1 aromatic heterocycles. The van der Waals surface area contributed by atoms with Gasteiger partial charge in [0.25, 0.3) is 0 Å². The molecule has 24 heavy (non-hydrogen) atoms. The number of thiophene rings is 1. The highest BCUT2D eigenvalue weighted by atomic mass is 32.1. The van der Waals surface area contributed by atoms with Crippen molar-refractivity contribution in [3.63, 3.8) is 0 Å². The molecule has 1 N–H and O–H groups in total. The van der Waals surface area contributed by atoms with Crippen LogP contribution in [0.2, 0.25) is 0 Å². The number of carbonyl (C=O) groups is 1. The van der Waals surface area contributed by atoms with E-state index in [-0.39, 0.29) is 17.7 Å². The van der Waals surface area contributed by atoms with E-state index in [0.717, 1.165) is 17.5 Å². The number of rotatable bonds is 5. The van der Waals surface area contributed by atoms with Gasteiger partial charge < -0.3 is 14.8 Å². The molecule has 2 aromatic rings. The number of hydrogen-bond acceptors (Lipinski definition) is 4. The predicted molar refractivity (Wildman–Crippen MR) is 94.2 cm³/mol. The summed E-state index contributed by atoms with van der Waals surface area (Å²) in [6.07, 6.45) is 0.842. The number of amides is 1. The van der Waals surface area contributed by atoms with Crippen LogP contribution in [0.4, 0.5) is 0 Å². The Bertz CT molecular complexity index is 774. The van der Waals surface area contributed by atoms with E-state index < -0.39 is 0 Å². The van der Waals surface area contributed by atoms with Crippen LogP contribution in [0, 0.1) is 23.7 Å². The standard InChI is InChI=1S/C19H19NO3S/c1-22-17-6-4-14(9-18(17)23-2)11-20-19(21)16-10-15(16)5-3-13-7-8-24-12-13/h4,6-9,12,15-16H,10-11H2,1-2H3,(H,20,21)/t15-,16+/m0/s1. The third-order valence-electron chi connectivity index (χ3n) is 3.96. The Labute approximate surface area is 145 Å². The molecule has 1 saturated carbocycles. The summed E-state index contributed by atoms with van der Waals surface area (Å²) in [5.41, 5.74) is 2.00. The van der Waals surface area contributed by atoms with E-state index in [1.54, 1.807) is 25.6 Å². The van der Waals surface area contributed by atoms with Crippen molar-refractivity contribution in [1.29, 1.82) is 0 Å². The summed E-state index contributed by atoms with van der Waals surface area (Å²) in [7, 11) is 3.20. The van der Waals surface area contributed by atoms with Gasteiger partial charge in [0.1, 0.15) is 0 Å². The SMILES string of the molecule is COc1ccc(CNC(=O)[C@@H]2C[C@@H]2C#Cc2ccsc2)cc1OC. The molecule has 1 aromatic carbocycles. The minimum Gasteiger partial charge on any atom is -0.493 e. The first-order valence-electron chi connectivity index (χ1n) is 7.73. The highest BCUT2D eigenvalue weighted by Gasteiger charge is 2.41. The Balaban J connectivity index is 1.52. The minimum atomic E-state index is 0.0104. The average molecular weight is 341 g/mol. The van der Waals surface area contributed by atoms with Crippen molar-refractivity contribution in [2.75, 3.05) is 14.2 Å². The van der Waals surface area contributed by atoms with Crippen LogP contribution >= 0.6 is 11.3 Å². The normalized spacial score (nSPS) is 18.2. The van der Waals surface area contributed by atoms with Crippen LogP contribution in [0.5, 0.6) is 11.5 Å². The van der Waals surface area contributed by atoms with E-state index in [4.69, 9.17) is 9.47 Å². The van der Waals surface area contributed by atoms with Gasteiger partial charge in [0.05, 0.1) is 20.1 Å². The van der Waals surface area contributed by atoms with E-state index in [0.29, 0.717) is 18.0 Å². The van der Waals surface area contributed by atoms with Crippen molar-refractivity contribution in [1.82, 2.24) is 5.32 Å². The number of hydrogen-bond donors (Lipinski definition) is 1. The lowest BCUT2D eigenvalue weighted by molar-refractivity contribution is -0.122. The lowest BCUT2D eigenvalue weighted by atomic mass is 10.2. The first kappa shape index (κ1) is 16.4. The summed E-state index contributed by atoms with van der Waals surface area (Å²) in [6.45, 7) is 0.473. The van der Waals surface area contributed by atoms with Gasteiger partial charge in [0.15, 0.2) is 11.5 Å². The molecule has 0 saturated heterocycles. The van der Waals surface area contributed by atoms with Crippen molar-refractivity contribution in [2.45, 2.75) is 13.0 Å². The Kier molecular flexibility index (Phi) is 5.07. The van der Waals surface area contributed by atoms with Crippen LogP contribution < -0.4 is 14.8 Å². The summed E-state index contributed by atoms with van der Waals surface area (Å²) < 4.78 is 10.5. The van der Waals surface area contributed by atoms with Crippen molar-refractivity contribution in [2.24, 2.45) is 11.8 Å². The maximum atomic E-state index is 12.2. The fraction of sp³-hybridized carbons (Fsp3) is 0.316. The monoisotopic (exact) mass is 341 g/mol. The second-order valence-electron chi connectivity index (χ2n) is 5.64. The Hall–Kier alpha value is -2.45. The van der Waals surface area contributed by atoms with Gasteiger partial charge in [-0.25, -0.2) is 0 Å². The molecular formula is C19H19NO3S. The summed E-state index contributed by atoms with van der Waals surface area (Å²) in [5, 5.41) is 6.99. The molecule has 4 nitrogen and oxygen atoms in total. The molecule has 0 spiro atoms. The van der Waals surface area contributed by atoms with Crippen molar-refractivity contribution in [3.8, 4) is 23.3 Å². The molecule has 1 aliphatic rings. The molecule has 0 unspecified atom stereocenters. The highest BCUT2D eigenvalue weighted by Crippen LogP contribution is 2.38. The maximum absolute atomic E-state index is 12.2. The molecule has 124 valence electrons. The number of benzene rings is 1.